The second-order valence-corrected chi connectivity index (χ2v) is 14.8. The number of carboxylic acid groups (broad SMARTS) is 1. The van der Waals surface area contributed by atoms with E-state index in [1.54, 1.807) is 18.2 Å². The van der Waals surface area contributed by atoms with Crippen LogP contribution in [0.1, 0.15) is 56.1 Å². The fraction of sp³-hybridized carbons (Fsp3) is 0.571. The summed E-state index contributed by atoms with van der Waals surface area (Å²) < 4.78 is 0.192. The number of quaternary nitrogens is 1. The second-order valence-electron chi connectivity index (χ2n) is 13.9. The molecule has 3 fully saturated rings. The molecule has 0 aliphatic carbocycles. The number of piperidine rings is 3. The highest BCUT2D eigenvalue weighted by atomic mass is 79.9. The van der Waals surface area contributed by atoms with E-state index in [2.05, 4.69) is 38.1 Å². The van der Waals surface area contributed by atoms with Crippen molar-refractivity contribution in [3.05, 3.63) is 58.1 Å². The van der Waals surface area contributed by atoms with Crippen molar-refractivity contribution in [3.63, 3.8) is 0 Å². The van der Waals surface area contributed by atoms with Gasteiger partial charge in [0.1, 0.15) is 18.6 Å². The van der Waals surface area contributed by atoms with Gasteiger partial charge in [-0.2, -0.15) is 4.79 Å². The predicted octanol–water partition coefficient (Wildman–Crippen LogP) is 5.74. The molecule has 2 unspecified atom stereocenters. The lowest BCUT2D eigenvalue weighted by Gasteiger charge is -2.59. The average Bonchev–Trinajstić information content (AvgIpc) is 3.22. The maximum atomic E-state index is 13.7. The van der Waals surface area contributed by atoms with E-state index in [9.17, 15) is 24.6 Å². The third-order valence-electron chi connectivity index (χ3n) is 11.6. The van der Waals surface area contributed by atoms with Crippen LogP contribution in [0.5, 0.6) is 5.75 Å². The molecule has 2 aromatic rings. The molecule has 4 aliphatic rings. The molecule has 3 saturated heterocycles. The number of urea groups is 1. The Bertz CT molecular complexity index is 1440. The molecule has 3 N–H and O–H groups in total. The third kappa shape index (κ3) is 6.19. The van der Waals surface area contributed by atoms with E-state index in [1.807, 2.05) is 29.2 Å². The number of rotatable bonds is 7. The van der Waals surface area contributed by atoms with E-state index in [0.29, 0.717) is 42.1 Å². The lowest BCUT2D eigenvalue weighted by Crippen LogP contribution is -2.78. The Morgan fingerprint density at radius 2 is 1.74 bits per heavy atom. The van der Waals surface area contributed by atoms with Crippen LogP contribution in [0.3, 0.4) is 0 Å². The molecule has 11 heteroatoms. The number of amides is 3. The summed E-state index contributed by atoms with van der Waals surface area (Å²) in [6, 6.07) is 12.6. The summed E-state index contributed by atoms with van der Waals surface area (Å²) in [5, 5.41) is 24.5. The van der Waals surface area contributed by atoms with Crippen LogP contribution < -0.4 is 5.32 Å². The summed E-state index contributed by atoms with van der Waals surface area (Å²) in [7, 11) is 2.18. The number of fused-ring (bicyclic) bond motifs is 1. The quantitative estimate of drug-likeness (QED) is 0.250. The first-order chi connectivity index (χ1) is 22.2. The number of phenolic OH excluding ortho intramolecular Hbond substituents is 1. The number of para-hydroxylation sites is 1. The van der Waals surface area contributed by atoms with Gasteiger partial charge in [0.05, 0.1) is 17.4 Å². The molecule has 3 atom stereocenters. The number of carbonyl (C=O) groups is 3. The van der Waals surface area contributed by atoms with Gasteiger partial charge in [-0.05, 0) is 110 Å². The summed E-state index contributed by atoms with van der Waals surface area (Å²) in [5.41, 5.74) is 1.62. The van der Waals surface area contributed by atoms with Gasteiger partial charge in [-0.3, -0.25) is 4.90 Å². The minimum atomic E-state index is -1.04. The molecule has 4 heterocycles. The Balaban J connectivity index is 1.35. The largest absolute Gasteiger partial charge is 0.515 e. The van der Waals surface area contributed by atoms with E-state index in [-0.39, 0.29) is 41.8 Å². The van der Waals surface area contributed by atoms with Crippen LogP contribution in [0.2, 0.25) is 0 Å². The van der Waals surface area contributed by atoms with Crippen LogP contribution in [0.25, 0.3) is 0 Å². The first kappa shape index (κ1) is 32.9. The molecule has 46 heavy (non-hydrogen) atoms. The Labute approximate surface area is 280 Å². The van der Waals surface area contributed by atoms with Crippen molar-refractivity contribution >= 4 is 40.0 Å². The van der Waals surface area contributed by atoms with Crippen molar-refractivity contribution in [1.82, 2.24) is 14.7 Å². The average molecular weight is 698 g/mol. The van der Waals surface area contributed by atoms with Crippen LogP contribution in [0.4, 0.5) is 15.3 Å². The number of hydrogen-bond donors (Lipinski definition) is 3. The van der Waals surface area contributed by atoms with E-state index >= 15 is 0 Å². The Kier molecular flexibility index (Phi) is 9.75. The van der Waals surface area contributed by atoms with Gasteiger partial charge in [-0.25, -0.2) is 9.28 Å². The van der Waals surface area contributed by atoms with Gasteiger partial charge < -0.3 is 30.1 Å². The van der Waals surface area contributed by atoms with Gasteiger partial charge in [0.25, 0.3) is 0 Å². The van der Waals surface area contributed by atoms with Crippen molar-refractivity contribution < 1.29 is 29.1 Å². The number of aldehydes is 1. The summed E-state index contributed by atoms with van der Waals surface area (Å²) in [5.74, 6) is 1.36. The molecular formula is C35H47BrN5O5+. The number of anilines is 1. The predicted molar refractivity (Wildman–Crippen MR) is 179 cm³/mol. The lowest BCUT2D eigenvalue weighted by atomic mass is 9.76. The smallest absolute Gasteiger partial charge is 0.507 e. The topological polar surface area (TPSA) is 113 Å². The van der Waals surface area contributed by atoms with E-state index in [4.69, 9.17) is 0 Å². The van der Waals surface area contributed by atoms with Crippen molar-refractivity contribution in [2.24, 2.45) is 11.8 Å². The zero-order valence-electron chi connectivity index (χ0n) is 26.7. The van der Waals surface area contributed by atoms with Crippen LogP contribution in [-0.4, -0.2) is 106 Å². The van der Waals surface area contributed by atoms with Crippen molar-refractivity contribution in [1.29, 1.82) is 0 Å². The first-order valence-corrected chi connectivity index (χ1v) is 17.6. The number of carbonyl (C=O) groups excluding carboxylic acids is 2. The monoisotopic (exact) mass is 696 g/mol. The maximum Gasteiger partial charge on any atom is 0.515 e. The van der Waals surface area contributed by atoms with E-state index < -0.39 is 11.8 Å². The van der Waals surface area contributed by atoms with Crippen LogP contribution in [-0.2, 0) is 17.8 Å². The SMILES string of the molecule is CN1CCC(C2CCN(C3(CC=O)CC(N4CCc5ccccc5NC4=O)CC[N@+]3(Cc3ccc(O)c(Br)c3)C(=O)O)CC2)CC1. The normalized spacial score (nSPS) is 28.7. The molecule has 0 bridgehead atoms. The molecule has 4 aliphatic heterocycles. The van der Waals surface area contributed by atoms with Crippen LogP contribution in [0.15, 0.2) is 46.9 Å². The standard InChI is InChI=1S/C35H46BrN5O5/c1-38-15-8-26(9-16-38)27-10-17-39(18-11-27)35(14-21-42)23-29(40-19-12-28-4-2-3-5-31(28)37-33(40)44)13-20-41(35,34(45)46)24-25-6-7-32(43)30(36)22-25/h2-7,21-22,26-27,29H,8-20,23-24H2,1H3,(H2-,37,43,44,45,46)/p+1/t29?,35?,41-/m0/s1. The molecule has 0 spiro atoms. The number of halogens is 1. The Hall–Kier alpha value is -2.99. The van der Waals surface area contributed by atoms with Crippen LogP contribution in [0, 0.1) is 11.8 Å². The van der Waals surface area contributed by atoms with Gasteiger partial charge in [-0.1, -0.05) is 18.2 Å². The number of phenols is 1. The molecule has 0 aromatic heterocycles. The van der Waals surface area contributed by atoms with Gasteiger partial charge in [-0.15, -0.1) is 0 Å². The lowest BCUT2D eigenvalue weighted by molar-refractivity contribution is -0.942. The number of nitrogens with zero attached hydrogens (tertiary/aromatic N) is 4. The molecular weight excluding hydrogens is 650 g/mol. The summed E-state index contributed by atoms with van der Waals surface area (Å²) in [4.78, 5) is 46.7. The molecule has 2 aromatic carbocycles. The minimum absolute atomic E-state index is 0.0592. The molecule has 10 nitrogen and oxygen atoms in total. The second kappa shape index (κ2) is 13.6. The number of hydrogen-bond acceptors (Lipinski definition) is 6. The van der Waals surface area contributed by atoms with Gasteiger partial charge >= 0.3 is 12.1 Å². The van der Waals surface area contributed by atoms with E-state index in [1.165, 1.54) is 12.8 Å². The number of aromatic hydroxyl groups is 1. The molecule has 248 valence electrons. The van der Waals surface area contributed by atoms with Gasteiger partial charge in [0.15, 0.2) is 5.66 Å². The highest BCUT2D eigenvalue weighted by Gasteiger charge is 2.64. The van der Waals surface area contributed by atoms with Crippen molar-refractivity contribution in [2.75, 3.05) is 51.6 Å². The summed E-state index contributed by atoms with van der Waals surface area (Å²) in [6.07, 6.45) is 5.93. The van der Waals surface area contributed by atoms with Crippen molar-refractivity contribution in [3.8, 4) is 5.75 Å². The van der Waals surface area contributed by atoms with Crippen molar-refractivity contribution in [2.45, 2.75) is 69.6 Å². The number of likely N-dealkylation sites (tertiary alicyclic amines) is 3. The highest BCUT2D eigenvalue weighted by molar-refractivity contribution is 9.10. The molecule has 3 amide bonds. The molecule has 0 saturated carbocycles. The van der Waals surface area contributed by atoms with E-state index in [0.717, 1.165) is 62.1 Å². The summed E-state index contributed by atoms with van der Waals surface area (Å²) >= 11 is 3.41. The number of nitrogens with one attached hydrogen (secondary N) is 1. The Morgan fingerprint density at radius 3 is 2.41 bits per heavy atom. The fourth-order valence-corrected chi connectivity index (χ4v) is 9.40. The maximum absolute atomic E-state index is 13.7. The fourth-order valence-electron chi connectivity index (χ4n) is 8.97. The van der Waals surface area contributed by atoms with Crippen LogP contribution >= 0.6 is 15.9 Å². The highest BCUT2D eigenvalue weighted by Crippen LogP contribution is 2.47. The minimum Gasteiger partial charge on any atom is -0.507 e. The zero-order chi connectivity index (χ0) is 32.5. The van der Waals surface area contributed by atoms with Gasteiger partial charge in [0.2, 0.25) is 0 Å². The molecule has 6 rings (SSSR count). The van der Waals surface area contributed by atoms with Gasteiger partial charge in [0, 0.05) is 49.8 Å². The third-order valence-corrected chi connectivity index (χ3v) is 12.2. The Morgan fingerprint density at radius 1 is 1.04 bits per heavy atom. The zero-order valence-corrected chi connectivity index (χ0v) is 28.3. The number of benzene rings is 2. The summed E-state index contributed by atoms with van der Waals surface area (Å²) in [6.45, 7) is 4.65. The first-order valence-electron chi connectivity index (χ1n) is 16.8. The molecule has 0 radical (unpaired) electrons.